The first-order valence-corrected chi connectivity index (χ1v) is 5.75. The lowest BCUT2D eigenvalue weighted by Crippen LogP contribution is -2.37. The van der Waals surface area contributed by atoms with Crippen molar-refractivity contribution in [3.8, 4) is 0 Å². The summed E-state index contributed by atoms with van der Waals surface area (Å²) in [7, 11) is 2.25. The molecule has 0 amide bonds. The van der Waals surface area contributed by atoms with Gasteiger partial charge in [-0.1, -0.05) is 0 Å². The molecule has 2 rings (SSSR count). The van der Waals surface area contributed by atoms with E-state index in [2.05, 4.69) is 17.3 Å². The highest BCUT2D eigenvalue weighted by Gasteiger charge is 2.26. The summed E-state index contributed by atoms with van der Waals surface area (Å²) >= 11 is 0. The van der Waals surface area contributed by atoms with Gasteiger partial charge in [0.1, 0.15) is 0 Å². The maximum absolute atomic E-state index is 3.45. The molecule has 1 N–H and O–H groups in total. The molecule has 4 heteroatoms. The van der Waals surface area contributed by atoms with Gasteiger partial charge < -0.3 is 10.2 Å². The zero-order chi connectivity index (χ0) is 9.10. The molecule has 2 aliphatic rings. The van der Waals surface area contributed by atoms with Gasteiger partial charge in [0.2, 0.25) is 0 Å². The van der Waals surface area contributed by atoms with Crippen LogP contribution in [0.1, 0.15) is 25.7 Å². The van der Waals surface area contributed by atoms with Gasteiger partial charge in [-0.3, -0.25) is 0 Å². The van der Waals surface area contributed by atoms with Gasteiger partial charge in [0.25, 0.3) is 0 Å². The first-order chi connectivity index (χ1) is 6.36. The van der Waals surface area contributed by atoms with Crippen LogP contribution in [0.3, 0.4) is 0 Å². The summed E-state index contributed by atoms with van der Waals surface area (Å²) in [6.45, 7) is 5.18. The second-order valence-electron chi connectivity index (χ2n) is 4.73. The fourth-order valence-electron chi connectivity index (χ4n) is 2.82. The first kappa shape index (κ1) is 15.9. The molecule has 2 nitrogen and oxygen atoms in total. The topological polar surface area (TPSA) is 15.3 Å². The monoisotopic (exact) mass is 342 g/mol. The predicted octanol–water partition coefficient (Wildman–Crippen LogP) is 2.48. The van der Waals surface area contributed by atoms with Crippen molar-refractivity contribution in [1.29, 1.82) is 0 Å². The Morgan fingerprint density at radius 3 is 1.87 bits per heavy atom. The number of halogens is 2. The van der Waals surface area contributed by atoms with Crippen molar-refractivity contribution in [3.63, 3.8) is 0 Å². The van der Waals surface area contributed by atoms with Crippen LogP contribution in [0.5, 0.6) is 0 Å². The molecular formula is C11H24Br2N2. The molecule has 2 heterocycles. The number of piperidine rings is 2. The lowest BCUT2D eigenvalue weighted by Gasteiger charge is -2.36. The third kappa shape index (κ3) is 4.72. The molecular weight excluding hydrogens is 320 g/mol. The van der Waals surface area contributed by atoms with E-state index in [1.807, 2.05) is 0 Å². The average Bonchev–Trinajstić information content (AvgIpc) is 2.20. The highest BCUT2D eigenvalue weighted by molar-refractivity contribution is 8.93. The van der Waals surface area contributed by atoms with E-state index in [1.165, 1.54) is 51.9 Å². The molecule has 0 aromatic heterocycles. The van der Waals surface area contributed by atoms with Gasteiger partial charge in [0.15, 0.2) is 0 Å². The second-order valence-corrected chi connectivity index (χ2v) is 4.73. The average molecular weight is 344 g/mol. The van der Waals surface area contributed by atoms with E-state index in [4.69, 9.17) is 0 Å². The molecule has 0 bridgehead atoms. The van der Waals surface area contributed by atoms with E-state index in [-0.39, 0.29) is 34.0 Å². The van der Waals surface area contributed by atoms with E-state index >= 15 is 0 Å². The molecule has 0 spiro atoms. The molecule has 0 aliphatic carbocycles. The van der Waals surface area contributed by atoms with E-state index in [0.29, 0.717) is 0 Å². The molecule has 0 saturated carbocycles. The van der Waals surface area contributed by atoms with Crippen LogP contribution < -0.4 is 5.32 Å². The first-order valence-electron chi connectivity index (χ1n) is 5.75. The van der Waals surface area contributed by atoms with Crippen molar-refractivity contribution in [3.05, 3.63) is 0 Å². The van der Waals surface area contributed by atoms with Crippen molar-refractivity contribution in [2.24, 2.45) is 11.8 Å². The summed E-state index contributed by atoms with van der Waals surface area (Å²) < 4.78 is 0. The maximum Gasteiger partial charge on any atom is -0.00190 e. The molecule has 2 fully saturated rings. The normalized spacial score (nSPS) is 25.4. The molecule has 92 valence electrons. The van der Waals surface area contributed by atoms with Gasteiger partial charge >= 0.3 is 0 Å². The summed E-state index contributed by atoms with van der Waals surface area (Å²) in [6, 6.07) is 0. The minimum atomic E-state index is 0. The molecule has 0 radical (unpaired) electrons. The molecule has 15 heavy (non-hydrogen) atoms. The van der Waals surface area contributed by atoms with Crippen LogP contribution in [0.4, 0.5) is 0 Å². The third-order valence-corrected chi connectivity index (χ3v) is 3.81. The molecule has 2 saturated heterocycles. The van der Waals surface area contributed by atoms with E-state index in [9.17, 15) is 0 Å². The SMILES string of the molecule is Br.Br.CN1CCC(C2CCNCC2)CC1. The van der Waals surface area contributed by atoms with Crippen molar-refractivity contribution in [1.82, 2.24) is 10.2 Å². The second kappa shape index (κ2) is 8.04. The van der Waals surface area contributed by atoms with Crippen LogP contribution in [0.25, 0.3) is 0 Å². The highest BCUT2D eigenvalue weighted by Crippen LogP contribution is 2.30. The largest absolute Gasteiger partial charge is 0.317 e. The minimum absolute atomic E-state index is 0. The van der Waals surface area contributed by atoms with Crippen LogP contribution in [0.15, 0.2) is 0 Å². The van der Waals surface area contributed by atoms with Gasteiger partial charge in [-0.05, 0) is 70.7 Å². The van der Waals surface area contributed by atoms with E-state index in [0.717, 1.165) is 11.8 Å². The predicted molar refractivity (Wildman–Crippen MR) is 76.5 cm³/mol. The minimum Gasteiger partial charge on any atom is -0.317 e. The highest BCUT2D eigenvalue weighted by atomic mass is 79.9. The molecule has 0 aromatic carbocycles. The summed E-state index contributed by atoms with van der Waals surface area (Å²) in [5.41, 5.74) is 0. The molecule has 0 unspecified atom stereocenters. The maximum atomic E-state index is 3.45. The van der Waals surface area contributed by atoms with Gasteiger partial charge in [-0.15, -0.1) is 34.0 Å². The van der Waals surface area contributed by atoms with Gasteiger partial charge in [-0.2, -0.15) is 0 Å². The molecule has 0 aromatic rings. The van der Waals surface area contributed by atoms with Crippen molar-refractivity contribution < 1.29 is 0 Å². The third-order valence-electron chi connectivity index (χ3n) is 3.81. The van der Waals surface area contributed by atoms with Crippen molar-refractivity contribution >= 4 is 34.0 Å². The van der Waals surface area contributed by atoms with Crippen LogP contribution in [-0.2, 0) is 0 Å². The Balaban J connectivity index is 0.000000980. The number of nitrogens with zero attached hydrogens (tertiary/aromatic N) is 1. The summed E-state index contributed by atoms with van der Waals surface area (Å²) in [4.78, 5) is 2.47. The Kier molecular flexibility index (Phi) is 8.51. The van der Waals surface area contributed by atoms with Crippen LogP contribution in [0, 0.1) is 11.8 Å². The number of rotatable bonds is 1. The van der Waals surface area contributed by atoms with Crippen molar-refractivity contribution in [2.45, 2.75) is 25.7 Å². The van der Waals surface area contributed by atoms with E-state index in [1.54, 1.807) is 0 Å². The zero-order valence-electron chi connectivity index (χ0n) is 9.58. The zero-order valence-corrected chi connectivity index (χ0v) is 13.0. The van der Waals surface area contributed by atoms with Gasteiger partial charge in [-0.25, -0.2) is 0 Å². The van der Waals surface area contributed by atoms with Gasteiger partial charge in [0, 0.05) is 0 Å². The lowest BCUT2D eigenvalue weighted by molar-refractivity contribution is 0.149. The van der Waals surface area contributed by atoms with Crippen LogP contribution in [0.2, 0.25) is 0 Å². The fraction of sp³-hybridized carbons (Fsp3) is 1.00. The number of hydrogen-bond acceptors (Lipinski definition) is 2. The van der Waals surface area contributed by atoms with Crippen LogP contribution in [-0.4, -0.2) is 38.1 Å². The van der Waals surface area contributed by atoms with Gasteiger partial charge in [0.05, 0.1) is 0 Å². The number of nitrogens with one attached hydrogen (secondary N) is 1. The quantitative estimate of drug-likeness (QED) is 0.786. The van der Waals surface area contributed by atoms with E-state index < -0.39 is 0 Å². The Morgan fingerprint density at radius 2 is 1.33 bits per heavy atom. The Bertz CT molecular complexity index is 153. The smallest absolute Gasteiger partial charge is 0.00190 e. The Morgan fingerprint density at radius 1 is 0.867 bits per heavy atom. The fourth-order valence-corrected chi connectivity index (χ4v) is 2.82. The summed E-state index contributed by atoms with van der Waals surface area (Å²) in [5, 5.41) is 3.45. The summed E-state index contributed by atoms with van der Waals surface area (Å²) in [5.74, 6) is 2.08. The Labute approximate surface area is 115 Å². The van der Waals surface area contributed by atoms with Crippen molar-refractivity contribution in [2.75, 3.05) is 33.2 Å². The lowest BCUT2D eigenvalue weighted by atomic mass is 9.79. The number of hydrogen-bond donors (Lipinski definition) is 1. The molecule has 2 aliphatic heterocycles. The van der Waals surface area contributed by atoms with Crippen LogP contribution >= 0.6 is 34.0 Å². The number of likely N-dealkylation sites (tertiary alicyclic amines) is 1. The standard InChI is InChI=1S/C11H22N2.2BrH/c1-13-8-4-11(5-9-13)10-2-6-12-7-3-10;;/h10-12H,2-9H2,1H3;2*1H. The summed E-state index contributed by atoms with van der Waals surface area (Å²) in [6.07, 6.45) is 5.74. The molecule has 0 atom stereocenters. The Hall–Kier alpha value is 0.880.